The molecule has 0 unspecified atom stereocenters. The molecule has 166 valence electrons. The third-order valence-electron chi connectivity index (χ3n) is 3.39. The minimum Gasteiger partial charge on any atom is -0.191 e. The number of benzene rings is 2. The molecular weight excluding hydrogens is 550 g/mol. The Morgan fingerprint density at radius 1 is 0.533 bits per heavy atom. The lowest BCUT2D eigenvalue weighted by Gasteiger charge is -2.36. The maximum atomic E-state index is 14.1. The molecule has 0 nitrogen and oxygen atoms in total. The van der Waals surface area contributed by atoms with Gasteiger partial charge in [-0.05, 0) is 59.9 Å². The van der Waals surface area contributed by atoms with E-state index in [-0.39, 0.29) is 10.0 Å². The van der Waals surface area contributed by atoms with Crippen LogP contribution in [0.15, 0.2) is 46.2 Å². The van der Waals surface area contributed by atoms with Crippen molar-refractivity contribution in [3.8, 4) is 0 Å². The third kappa shape index (κ3) is 5.04. The van der Waals surface area contributed by atoms with Gasteiger partial charge in [-0.2, -0.15) is 35.1 Å². The Balaban J connectivity index is 2.41. The molecule has 2 aromatic carbocycles. The van der Waals surface area contributed by atoms with Crippen molar-refractivity contribution in [1.29, 1.82) is 0 Å². The van der Waals surface area contributed by atoms with Crippen molar-refractivity contribution in [3.63, 3.8) is 0 Å². The molecule has 0 atom stereocenters. The number of alkyl halides is 8. The third-order valence-corrected chi connectivity index (χ3v) is 6.88. The van der Waals surface area contributed by atoms with Crippen molar-refractivity contribution >= 4 is 69.9 Å². The zero-order valence-corrected chi connectivity index (χ0v) is 18.5. The molecule has 0 radical (unpaired) electrons. The zero-order valence-electron chi connectivity index (χ0n) is 13.8. The van der Waals surface area contributed by atoms with E-state index in [9.17, 15) is 35.1 Å². The summed E-state index contributed by atoms with van der Waals surface area (Å²) in [6.45, 7) is 0. The highest BCUT2D eigenvalue weighted by molar-refractivity contribution is 8.01. The Morgan fingerprint density at radius 3 is 1.13 bits per heavy atom. The van der Waals surface area contributed by atoms with Crippen molar-refractivity contribution in [3.05, 3.63) is 56.5 Å². The fraction of sp³-hybridized carbons (Fsp3) is 0.250. The summed E-state index contributed by atoms with van der Waals surface area (Å²) in [5.74, 6) is -13.0. The molecule has 0 saturated heterocycles. The molecule has 2 aromatic rings. The summed E-state index contributed by atoms with van der Waals surface area (Å²) in [7, 11) is 0. The van der Waals surface area contributed by atoms with Crippen LogP contribution in [0.3, 0.4) is 0 Å². The number of hydrogen-bond acceptors (Lipinski definition) is 2. The Kier molecular flexibility index (Phi) is 7.75. The predicted octanol–water partition coefficient (Wildman–Crippen LogP) is 9.64. The van der Waals surface area contributed by atoms with Crippen LogP contribution < -0.4 is 0 Å². The quantitative estimate of drug-likeness (QED) is 0.246. The van der Waals surface area contributed by atoms with Gasteiger partial charge < -0.3 is 0 Å². The summed E-state index contributed by atoms with van der Waals surface area (Å²) in [4.78, 5) is -1.61. The molecule has 14 heteroatoms. The van der Waals surface area contributed by atoms with E-state index in [0.717, 1.165) is 24.3 Å². The monoisotopic (exact) mass is 554 g/mol. The van der Waals surface area contributed by atoms with Gasteiger partial charge >= 0.3 is 22.4 Å². The molecule has 0 aliphatic heterocycles. The fourth-order valence-corrected chi connectivity index (χ4v) is 4.59. The Hall–Kier alpha value is -0.260. The van der Waals surface area contributed by atoms with Gasteiger partial charge in [0, 0.05) is 19.8 Å². The first-order chi connectivity index (χ1) is 13.5. The minimum atomic E-state index is -6.52. The zero-order chi connectivity index (χ0) is 23.1. The van der Waals surface area contributed by atoms with Gasteiger partial charge in [0.1, 0.15) is 0 Å². The summed E-state index contributed by atoms with van der Waals surface area (Å²) in [5, 5.41) is -12.9. The lowest BCUT2D eigenvalue weighted by molar-refractivity contribution is -0.322. The van der Waals surface area contributed by atoms with Crippen LogP contribution in [0.25, 0.3) is 0 Å². The Labute approximate surface area is 193 Å². The standard InChI is InChI=1S/C16H6Cl4F8S2/c17-7-1-3-9(19)11(5-7)29-15(25,26)13(21,22)14(23,24)16(27,28)30-12-6-8(18)2-4-10(12)20/h1-6H. The van der Waals surface area contributed by atoms with Crippen molar-refractivity contribution in [2.24, 2.45) is 0 Å². The van der Waals surface area contributed by atoms with Gasteiger partial charge in [-0.3, -0.25) is 0 Å². The van der Waals surface area contributed by atoms with Crippen molar-refractivity contribution in [2.75, 3.05) is 0 Å². The number of thioether (sulfide) groups is 2. The van der Waals surface area contributed by atoms with Gasteiger partial charge in [0.15, 0.2) is 0 Å². The van der Waals surface area contributed by atoms with Crippen LogP contribution in [0, 0.1) is 0 Å². The molecule has 0 spiro atoms. The number of hydrogen-bond donors (Lipinski definition) is 0. The van der Waals surface area contributed by atoms with E-state index >= 15 is 0 Å². The van der Waals surface area contributed by atoms with Crippen molar-refractivity contribution in [2.45, 2.75) is 32.1 Å². The van der Waals surface area contributed by atoms with E-state index in [0.29, 0.717) is 12.1 Å². The smallest absolute Gasteiger partial charge is 0.191 e. The molecular formula is C16H6Cl4F8S2. The molecule has 0 fully saturated rings. The Bertz CT molecular complexity index is 864. The second-order valence-electron chi connectivity index (χ2n) is 5.54. The number of rotatable bonds is 7. The average molecular weight is 556 g/mol. The lowest BCUT2D eigenvalue weighted by atomic mass is 10.2. The fourth-order valence-electron chi connectivity index (χ4n) is 1.88. The topological polar surface area (TPSA) is 0 Å². The molecule has 0 heterocycles. The van der Waals surface area contributed by atoms with Crippen molar-refractivity contribution < 1.29 is 35.1 Å². The summed E-state index contributed by atoms with van der Waals surface area (Å²) in [6.07, 6.45) is 0. The second kappa shape index (κ2) is 8.94. The van der Waals surface area contributed by atoms with E-state index in [1.807, 2.05) is 0 Å². The van der Waals surface area contributed by atoms with Gasteiger partial charge in [0.2, 0.25) is 0 Å². The molecule has 0 amide bonds. The van der Waals surface area contributed by atoms with Gasteiger partial charge in [0.25, 0.3) is 0 Å². The highest BCUT2D eigenvalue weighted by atomic mass is 35.5. The predicted molar refractivity (Wildman–Crippen MR) is 104 cm³/mol. The first-order valence-electron chi connectivity index (χ1n) is 7.31. The van der Waals surface area contributed by atoms with E-state index in [4.69, 9.17) is 46.4 Å². The van der Waals surface area contributed by atoms with E-state index in [1.165, 1.54) is 0 Å². The second-order valence-corrected chi connectivity index (χ2v) is 9.54. The molecule has 30 heavy (non-hydrogen) atoms. The molecule has 0 bridgehead atoms. The molecule has 0 aliphatic rings. The molecule has 0 aliphatic carbocycles. The first kappa shape index (κ1) is 26.0. The van der Waals surface area contributed by atoms with Crippen molar-refractivity contribution in [1.82, 2.24) is 0 Å². The van der Waals surface area contributed by atoms with Crippen LogP contribution >= 0.6 is 69.9 Å². The minimum absolute atomic E-state index is 0.218. The van der Waals surface area contributed by atoms with Gasteiger partial charge in [-0.25, -0.2) is 0 Å². The average Bonchev–Trinajstić information content (AvgIpc) is 2.60. The van der Waals surface area contributed by atoms with Gasteiger partial charge in [-0.1, -0.05) is 46.4 Å². The SMILES string of the molecule is FC(F)(Sc1cc(Cl)ccc1Cl)C(F)(F)C(F)(F)C(F)(F)Sc1cc(Cl)ccc1Cl. The maximum Gasteiger partial charge on any atom is 0.389 e. The lowest BCUT2D eigenvalue weighted by Crippen LogP contribution is -2.60. The van der Waals surface area contributed by atoms with Crippen LogP contribution in [0.2, 0.25) is 20.1 Å². The molecule has 0 aromatic heterocycles. The van der Waals surface area contributed by atoms with Crippen LogP contribution in [-0.2, 0) is 0 Å². The van der Waals surface area contributed by atoms with Crippen LogP contribution in [0.5, 0.6) is 0 Å². The summed E-state index contributed by atoms with van der Waals surface area (Å²) in [6, 6.07) is 5.55. The summed E-state index contributed by atoms with van der Waals surface area (Å²) < 4.78 is 113. The number of halogens is 12. The van der Waals surface area contributed by atoms with Gasteiger partial charge in [-0.15, -0.1) is 0 Å². The maximum absolute atomic E-state index is 14.1. The normalized spacial score (nSPS) is 13.6. The van der Waals surface area contributed by atoms with E-state index in [1.54, 1.807) is 0 Å². The van der Waals surface area contributed by atoms with E-state index < -0.39 is 65.7 Å². The van der Waals surface area contributed by atoms with Crippen LogP contribution in [0.1, 0.15) is 0 Å². The first-order valence-corrected chi connectivity index (χ1v) is 10.5. The molecule has 0 N–H and O–H groups in total. The van der Waals surface area contributed by atoms with Gasteiger partial charge in [0.05, 0.1) is 10.0 Å². The van der Waals surface area contributed by atoms with Crippen LogP contribution in [0.4, 0.5) is 35.1 Å². The van der Waals surface area contributed by atoms with Crippen LogP contribution in [-0.4, -0.2) is 22.4 Å². The molecule has 0 saturated carbocycles. The highest BCUT2D eigenvalue weighted by Crippen LogP contribution is 2.61. The largest absolute Gasteiger partial charge is 0.389 e. The van der Waals surface area contributed by atoms with E-state index in [2.05, 4.69) is 0 Å². The Morgan fingerprint density at radius 2 is 0.833 bits per heavy atom. The highest BCUT2D eigenvalue weighted by Gasteiger charge is 2.81. The molecule has 2 rings (SSSR count). The summed E-state index contributed by atoms with van der Waals surface area (Å²) in [5.41, 5.74) is 0. The summed E-state index contributed by atoms with van der Waals surface area (Å²) >= 11 is 20.0.